The van der Waals surface area contributed by atoms with Crippen molar-refractivity contribution >= 4 is 42.6 Å². The van der Waals surface area contributed by atoms with Gasteiger partial charge in [-0.3, -0.25) is 14.4 Å². The summed E-state index contributed by atoms with van der Waals surface area (Å²) in [5.41, 5.74) is 7.59. The number of halogens is 2. The molecule has 2 aromatic carbocycles. The van der Waals surface area contributed by atoms with Gasteiger partial charge < -0.3 is 34.3 Å². The minimum atomic E-state index is -1.69. The first kappa shape index (κ1) is 49.3. The van der Waals surface area contributed by atoms with Crippen LogP contribution >= 0.6 is 0 Å². The number of fused-ring (bicyclic) bond motifs is 1. The Morgan fingerprint density at radius 3 is 1.68 bits per heavy atom. The molecule has 3 amide bonds. The van der Waals surface area contributed by atoms with Crippen LogP contribution in [0.3, 0.4) is 0 Å². The maximum Gasteiger partial charge on any atom is 0.259 e. The van der Waals surface area contributed by atoms with Gasteiger partial charge in [-0.05, 0) is 117 Å². The van der Waals surface area contributed by atoms with Crippen molar-refractivity contribution in [2.45, 2.75) is 77.9 Å². The number of amides is 3. The number of carbonyl (C=O) groups is 3. The predicted molar refractivity (Wildman–Crippen MR) is 255 cm³/mol. The number of methoxy groups -OCH3 is 2. The normalized spacial score (nSPS) is 15.4. The number of piperidine rings is 2. The zero-order chi connectivity index (χ0) is 47.2. The molecule has 3 aromatic heterocycles. The van der Waals surface area contributed by atoms with Crippen molar-refractivity contribution < 1.29 is 37.4 Å². The van der Waals surface area contributed by atoms with Crippen LogP contribution in [-0.4, -0.2) is 104 Å². The van der Waals surface area contributed by atoms with Gasteiger partial charge in [-0.15, -0.1) is 5.54 Å². The first-order valence-corrected chi connectivity index (χ1v) is 26.3. The lowest BCUT2D eigenvalue weighted by atomic mass is 9.90. The zero-order valence-electron chi connectivity index (χ0n) is 39.0. The Balaban J connectivity index is 0.000000200. The van der Waals surface area contributed by atoms with E-state index in [1.807, 2.05) is 46.2 Å². The number of pyridine rings is 2. The second kappa shape index (κ2) is 23.4. The molecular formula is C51H62F2N6O6Si. The summed E-state index contributed by atoms with van der Waals surface area (Å²) in [6.07, 6.45) is 9.75. The number of ether oxygens (including phenoxy) is 3. The molecule has 0 saturated carbocycles. The maximum atomic E-state index is 13.4. The monoisotopic (exact) mass is 920 g/mol. The van der Waals surface area contributed by atoms with Gasteiger partial charge in [-0.2, -0.15) is 9.97 Å². The molecule has 3 aliphatic heterocycles. The molecule has 12 nitrogen and oxygen atoms in total. The standard InChI is InChI=1S/C26H32FN3O3Si.C21H22FN3O2.C4H8O/c1-18(31)28-24-21(12-15-34(3,4)5)17-23(25(29-24)33-2)26(32)30-13-10-20(11-14-30)16-19-6-8-22(27)9-7-19;1-27-20-18(13-16-6-9-23-19(16)24-20)21(26)25-10-7-15(8-11-25)12-14-2-4-17(22)5-3-14;1-2-4-5-3-1/h6-9,17,20H,10-11,13-14,16H2,1-5H3,(H,28,29,31);2-6,9,13,15H,7-8,10-12H2,1H3,(H,23,24);1-4H2. The molecule has 5 aromatic rings. The van der Waals surface area contributed by atoms with Gasteiger partial charge in [0.2, 0.25) is 17.7 Å². The maximum absolute atomic E-state index is 13.4. The predicted octanol–water partition coefficient (Wildman–Crippen LogP) is 9.11. The van der Waals surface area contributed by atoms with Crippen LogP contribution in [0.2, 0.25) is 19.6 Å². The van der Waals surface area contributed by atoms with Gasteiger partial charge in [0.1, 0.15) is 36.5 Å². The highest BCUT2D eigenvalue weighted by atomic mass is 28.3. The topological polar surface area (TPSA) is 139 Å². The summed E-state index contributed by atoms with van der Waals surface area (Å²) in [4.78, 5) is 53.6. The molecule has 0 atom stereocenters. The number of likely N-dealkylation sites (tertiary alicyclic amines) is 2. The summed E-state index contributed by atoms with van der Waals surface area (Å²) in [6.45, 7) is 12.4. The van der Waals surface area contributed by atoms with E-state index in [0.29, 0.717) is 72.1 Å². The first-order valence-electron chi connectivity index (χ1n) is 22.8. The smallest absolute Gasteiger partial charge is 0.259 e. The summed E-state index contributed by atoms with van der Waals surface area (Å²) < 4.78 is 41.9. The fourth-order valence-corrected chi connectivity index (χ4v) is 8.64. The number of aromatic amines is 1. The second-order valence-electron chi connectivity index (χ2n) is 18.0. The van der Waals surface area contributed by atoms with Crippen molar-refractivity contribution in [1.82, 2.24) is 24.8 Å². The van der Waals surface area contributed by atoms with E-state index in [0.717, 1.165) is 68.3 Å². The van der Waals surface area contributed by atoms with Crippen molar-refractivity contribution in [1.29, 1.82) is 0 Å². The Hall–Kier alpha value is -6.11. The van der Waals surface area contributed by atoms with Gasteiger partial charge in [-0.1, -0.05) is 49.8 Å². The highest BCUT2D eigenvalue weighted by Crippen LogP contribution is 2.29. The molecule has 8 rings (SSSR count). The summed E-state index contributed by atoms with van der Waals surface area (Å²) in [7, 11) is 1.29. The number of benzene rings is 2. The molecule has 0 unspecified atom stereocenters. The van der Waals surface area contributed by atoms with Crippen LogP contribution in [-0.2, 0) is 22.4 Å². The van der Waals surface area contributed by atoms with E-state index >= 15 is 0 Å². The molecule has 66 heavy (non-hydrogen) atoms. The Morgan fingerprint density at radius 2 is 1.24 bits per heavy atom. The number of hydrogen-bond acceptors (Lipinski definition) is 8. The summed E-state index contributed by atoms with van der Waals surface area (Å²) in [5.74, 6) is 3.98. The number of nitrogens with zero attached hydrogens (tertiary/aromatic N) is 4. The van der Waals surface area contributed by atoms with Crippen LogP contribution in [0.1, 0.15) is 82.9 Å². The lowest BCUT2D eigenvalue weighted by Crippen LogP contribution is -2.39. The summed E-state index contributed by atoms with van der Waals surface area (Å²) in [5, 5.41) is 3.59. The van der Waals surface area contributed by atoms with Crippen molar-refractivity contribution in [2.75, 3.05) is 58.9 Å². The fourth-order valence-electron chi connectivity index (χ4n) is 8.13. The van der Waals surface area contributed by atoms with Crippen molar-refractivity contribution in [3.63, 3.8) is 0 Å². The SMILES string of the molecule is C1CCOC1.COc1nc(NC(C)=O)c(C#C[Si](C)(C)C)cc1C(=O)N1CCC(Cc2ccc(F)cc2)CC1.COc1nc2[nH]ccc2cc1C(=O)N1CCC(Cc2ccc(F)cc2)CC1. The highest BCUT2D eigenvalue weighted by Gasteiger charge is 2.29. The van der Waals surface area contributed by atoms with E-state index in [1.54, 1.807) is 12.3 Å². The molecule has 3 aliphatic rings. The number of aromatic nitrogens is 3. The molecule has 2 N–H and O–H groups in total. The van der Waals surface area contributed by atoms with Crippen LogP contribution in [0.15, 0.2) is 72.9 Å². The van der Waals surface area contributed by atoms with Crippen molar-refractivity contribution in [3.05, 3.63) is 112 Å². The van der Waals surface area contributed by atoms with Crippen LogP contribution in [0.4, 0.5) is 14.6 Å². The number of H-pyrrole nitrogens is 1. The van der Waals surface area contributed by atoms with Crippen molar-refractivity contribution in [2.24, 2.45) is 11.8 Å². The van der Waals surface area contributed by atoms with Crippen molar-refractivity contribution in [3.8, 4) is 23.2 Å². The van der Waals surface area contributed by atoms with Gasteiger partial charge in [0, 0.05) is 57.9 Å². The van der Waals surface area contributed by atoms with E-state index in [2.05, 4.69) is 51.4 Å². The molecule has 0 radical (unpaired) electrons. The summed E-state index contributed by atoms with van der Waals surface area (Å²) >= 11 is 0. The van der Waals surface area contributed by atoms with E-state index in [4.69, 9.17) is 14.2 Å². The van der Waals surface area contributed by atoms with Gasteiger partial charge in [-0.25, -0.2) is 8.78 Å². The highest BCUT2D eigenvalue weighted by molar-refractivity contribution is 6.83. The average Bonchev–Trinajstić information content (AvgIpc) is 4.06. The Bertz CT molecular complexity index is 2470. The second-order valence-corrected chi connectivity index (χ2v) is 22.8. The molecule has 0 spiro atoms. The zero-order valence-corrected chi connectivity index (χ0v) is 40.0. The third kappa shape index (κ3) is 14.2. The number of hydrogen-bond donors (Lipinski definition) is 2. The number of nitrogens with one attached hydrogen (secondary N) is 2. The third-order valence-electron chi connectivity index (χ3n) is 11.7. The lowest BCUT2D eigenvalue weighted by Gasteiger charge is -2.32. The fraction of sp³-hybridized carbons (Fsp3) is 0.431. The van der Waals surface area contributed by atoms with E-state index in [9.17, 15) is 23.2 Å². The van der Waals surface area contributed by atoms with E-state index < -0.39 is 8.07 Å². The molecule has 0 aliphatic carbocycles. The third-order valence-corrected chi connectivity index (χ3v) is 12.6. The van der Waals surface area contributed by atoms with Crippen LogP contribution in [0.5, 0.6) is 11.8 Å². The Morgan fingerprint density at radius 1 is 0.758 bits per heavy atom. The molecule has 6 heterocycles. The molecule has 3 saturated heterocycles. The Labute approximate surface area is 387 Å². The minimum absolute atomic E-state index is 0.0392. The van der Waals surface area contributed by atoms with Gasteiger partial charge in [0.15, 0.2) is 5.82 Å². The van der Waals surface area contributed by atoms with Crippen LogP contribution in [0.25, 0.3) is 11.0 Å². The van der Waals surface area contributed by atoms with E-state index in [1.165, 1.54) is 58.3 Å². The largest absolute Gasteiger partial charge is 0.480 e. The van der Waals surface area contributed by atoms with Crippen LogP contribution in [0, 0.1) is 34.9 Å². The molecule has 3 fully saturated rings. The summed E-state index contributed by atoms with van der Waals surface area (Å²) in [6, 6.07) is 18.7. The quantitative estimate of drug-likeness (QED) is 0.110. The van der Waals surface area contributed by atoms with E-state index in [-0.39, 0.29) is 35.2 Å². The number of rotatable bonds is 9. The van der Waals surface area contributed by atoms with Crippen LogP contribution < -0.4 is 14.8 Å². The molecule has 0 bridgehead atoms. The number of carbonyl (C=O) groups excluding carboxylic acids is 3. The minimum Gasteiger partial charge on any atom is -0.480 e. The van der Waals surface area contributed by atoms with Gasteiger partial charge in [0.25, 0.3) is 11.8 Å². The Kier molecular flexibility index (Phi) is 17.5. The average molecular weight is 921 g/mol. The lowest BCUT2D eigenvalue weighted by molar-refractivity contribution is -0.114. The molecule has 15 heteroatoms. The molecular weight excluding hydrogens is 859 g/mol. The van der Waals surface area contributed by atoms with Gasteiger partial charge in [0.05, 0.1) is 19.8 Å². The van der Waals surface area contributed by atoms with Gasteiger partial charge >= 0.3 is 0 Å². The molecule has 350 valence electrons. The first-order chi connectivity index (χ1) is 31.7. The number of anilines is 1.